The predicted molar refractivity (Wildman–Crippen MR) is 103 cm³/mol. The number of thioether (sulfide) groups is 1. The van der Waals surface area contributed by atoms with Gasteiger partial charge in [0.05, 0.1) is 22.8 Å². The molecule has 5 nitrogen and oxygen atoms in total. The molecule has 1 aromatic carbocycles. The third-order valence-electron chi connectivity index (χ3n) is 3.39. The summed E-state index contributed by atoms with van der Waals surface area (Å²) in [6.07, 6.45) is 3.49. The first-order valence-corrected chi connectivity index (χ1v) is 9.39. The molecule has 7 heteroatoms. The van der Waals surface area contributed by atoms with Gasteiger partial charge in [0.15, 0.2) is 0 Å². The highest BCUT2D eigenvalue weighted by molar-refractivity contribution is 7.98. The van der Waals surface area contributed by atoms with E-state index in [2.05, 4.69) is 15.5 Å². The van der Waals surface area contributed by atoms with Crippen LogP contribution in [0.2, 0.25) is 5.02 Å². The molecular weight excluding hydrogens is 358 g/mol. The summed E-state index contributed by atoms with van der Waals surface area (Å²) in [5.41, 5.74) is 2.69. The lowest BCUT2D eigenvalue weighted by molar-refractivity contribution is 0.0955. The number of carbonyl (C=O) groups excluding carboxylic acids is 1. The Labute approximate surface area is 156 Å². The van der Waals surface area contributed by atoms with Crippen LogP contribution in [0.4, 0.5) is 0 Å². The fraction of sp³-hybridized carbons (Fsp3) is 0.278. The van der Waals surface area contributed by atoms with Gasteiger partial charge in [-0.05, 0) is 43.9 Å². The molecule has 0 aliphatic carbocycles. The van der Waals surface area contributed by atoms with Crippen molar-refractivity contribution in [3.8, 4) is 0 Å². The fourth-order valence-electron chi connectivity index (χ4n) is 2.24. The lowest BCUT2D eigenvalue weighted by Gasteiger charge is -2.11. The Hall–Kier alpha value is -2.05. The number of rotatable bonds is 7. The number of nitrogens with one attached hydrogen (secondary N) is 1. The number of aryl methyl sites for hydroxylation is 1. The van der Waals surface area contributed by atoms with Gasteiger partial charge < -0.3 is 10.2 Å². The van der Waals surface area contributed by atoms with Crippen molar-refractivity contribution in [2.75, 3.05) is 19.4 Å². The summed E-state index contributed by atoms with van der Waals surface area (Å²) in [6.45, 7) is 4.37. The van der Waals surface area contributed by atoms with Crippen LogP contribution in [0, 0.1) is 6.92 Å². The van der Waals surface area contributed by atoms with Crippen LogP contribution < -0.4 is 5.32 Å². The molecule has 0 aliphatic rings. The van der Waals surface area contributed by atoms with E-state index in [1.807, 2.05) is 38.3 Å². The second-order valence-electron chi connectivity index (χ2n) is 5.16. The zero-order chi connectivity index (χ0) is 18.2. The molecule has 1 heterocycles. The molecule has 0 unspecified atom stereocenters. The second-order valence-corrected chi connectivity index (χ2v) is 6.44. The molecule has 25 heavy (non-hydrogen) atoms. The van der Waals surface area contributed by atoms with E-state index in [9.17, 15) is 4.79 Å². The number of aromatic nitrogens is 1. The molecule has 2 aromatic rings. The summed E-state index contributed by atoms with van der Waals surface area (Å²) in [5.74, 6) is -0.166. The molecule has 0 spiro atoms. The van der Waals surface area contributed by atoms with Crippen LogP contribution in [0.3, 0.4) is 0 Å². The smallest absolute Gasteiger partial charge is 0.252 e. The van der Waals surface area contributed by atoms with Crippen LogP contribution in [0.1, 0.15) is 28.5 Å². The third-order valence-corrected chi connectivity index (χ3v) is 4.39. The molecule has 0 bridgehead atoms. The molecule has 0 saturated heterocycles. The number of oxime groups is 1. The van der Waals surface area contributed by atoms with Crippen LogP contribution in [-0.2, 0) is 4.84 Å². The molecule has 1 amide bonds. The number of benzene rings is 1. The maximum absolute atomic E-state index is 12.5. The van der Waals surface area contributed by atoms with E-state index in [4.69, 9.17) is 16.4 Å². The van der Waals surface area contributed by atoms with Crippen LogP contribution in [0.25, 0.3) is 0 Å². The fourth-order valence-corrected chi connectivity index (χ4v) is 3.04. The second kappa shape index (κ2) is 9.44. The average Bonchev–Trinajstić information content (AvgIpc) is 2.62. The molecular formula is C18H20ClN3O2S. The van der Waals surface area contributed by atoms with Crippen molar-refractivity contribution >= 4 is 35.0 Å². The van der Waals surface area contributed by atoms with Crippen LogP contribution in [-0.4, -0.2) is 36.0 Å². The first-order valence-electron chi connectivity index (χ1n) is 7.79. The van der Waals surface area contributed by atoms with Crippen LogP contribution in [0.5, 0.6) is 0 Å². The number of amides is 1. The van der Waals surface area contributed by atoms with Crippen LogP contribution in [0.15, 0.2) is 46.6 Å². The topological polar surface area (TPSA) is 63.6 Å². The Morgan fingerprint density at radius 1 is 1.40 bits per heavy atom. The van der Waals surface area contributed by atoms with Crippen LogP contribution >= 0.6 is 23.4 Å². The van der Waals surface area contributed by atoms with Crippen molar-refractivity contribution in [2.24, 2.45) is 5.16 Å². The number of halogens is 1. The quantitative estimate of drug-likeness (QED) is 0.451. The SMILES string of the molecule is CCO/N=C(/CNC(=O)c1ccccc1SC)c1ncc(Cl)cc1C. The van der Waals surface area contributed by atoms with Gasteiger partial charge in [0.1, 0.15) is 12.3 Å². The third kappa shape index (κ3) is 5.21. The van der Waals surface area contributed by atoms with E-state index in [0.717, 1.165) is 10.5 Å². The van der Waals surface area contributed by atoms with E-state index >= 15 is 0 Å². The molecule has 0 atom stereocenters. The van der Waals surface area contributed by atoms with Crippen molar-refractivity contribution in [3.63, 3.8) is 0 Å². The molecule has 0 aliphatic heterocycles. The predicted octanol–water partition coefficient (Wildman–Crippen LogP) is 3.94. The molecule has 0 fully saturated rings. The minimum atomic E-state index is -0.166. The van der Waals surface area contributed by atoms with Crippen molar-refractivity contribution in [2.45, 2.75) is 18.7 Å². The summed E-state index contributed by atoms with van der Waals surface area (Å²) in [4.78, 5) is 22.9. The van der Waals surface area contributed by atoms with Gasteiger partial charge >= 0.3 is 0 Å². The van der Waals surface area contributed by atoms with Crippen molar-refractivity contribution in [1.82, 2.24) is 10.3 Å². The summed E-state index contributed by atoms with van der Waals surface area (Å²) >= 11 is 7.49. The first-order chi connectivity index (χ1) is 12.1. The van der Waals surface area contributed by atoms with E-state index in [1.165, 1.54) is 11.8 Å². The largest absolute Gasteiger partial charge is 0.396 e. The summed E-state index contributed by atoms with van der Waals surface area (Å²) in [6, 6.07) is 9.27. The van der Waals surface area contributed by atoms with E-state index in [-0.39, 0.29) is 12.5 Å². The Morgan fingerprint density at radius 3 is 2.84 bits per heavy atom. The van der Waals surface area contributed by atoms with Gasteiger partial charge in [0.2, 0.25) is 0 Å². The normalized spacial score (nSPS) is 11.3. The lowest BCUT2D eigenvalue weighted by atomic mass is 10.1. The molecule has 132 valence electrons. The van der Waals surface area contributed by atoms with Crippen molar-refractivity contribution in [3.05, 3.63) is 58.4 Å². The highest BCUT2D eigenvalue weighted by atomic mass is 35.5. The van der Waals surface area contributed by atoms with Crippen molar-refractivity contribution in [1.29, 1.82) is 0 Å². The van der Waals surface area contributed by atoms with Gasteiger partial charge in [-0.2, -0.15) is 0 Å². The molecule has 0 radical (unpaired) electrons. The number of carbonyl (C=O) groups is 1. The molecule has 1 N–H and O–H groups in total. The zero-order valence-corrected chi connectivity index (χ0v) is 15.9. The van der Waals surface area contributed by atoms with E-state index < -0.39 is 0 Å². The minimum Gasteiger partial charge on any atom is -0.396 e. The minimum absolute atomic E-state index is 0.166. The summed E-state index contributed by atoms with van der Waals surface area (Å²) in [7, 11) is 0. The lowest BCUT2D eigenvalue weighted by Crippen LogP contribution is -2.31. The van der Waals surface area contributed by atoms with Gasteiger partial charge in [-0.1, -0.05) is 28.9 Å². The van der Waals surface area contributed by atoms with Gasteiger partial charge in [-0.15, -0.1) is 11.8 Å². The Bertz CT molecular complexity index is 781. The monoisotopic (exact) mass is 377 g/mol. The Kier molecular flexibility index (Phi) is 7.28. The average molecular weight is 378 g/mol. The standard InChI is InChI=1S/C18H20ClN3O2S/c1-4-24-22-15(17-12(2)9-13(19)10-20-17)11-21-18(23)14-7-5-6-8-16(14)25-3/h5-10H,4,11H2,1-3H3,(H,21,23)/b22-15-. The summed E-state index contributed by atoms with van der Waals surface area (Å²) < 4.78 is 0. The Balaban J connectivity index is 2.19. The zero-order valence-electron chi connectivity index (χ0n) is 14.4. The Morgan fingerprint density at radius 2 is 2.16 bits per heavy atom. The number of nitrogens with zero attached hydrogens (tertiary/aromatic N) is 2. The van der Waals surface area contributed by atoms with Gasteiger partial charge in [0.25, 0.3) is 5.91 Å². The number of pyridine rings is 1. The summed E-state index contributed by atoms with van der Waals surface area (Å²) in [5, 5.41) is 7.54. The maximum Gasteiger partial charge on any atom is 0.252 e. The molecule has 1 aromatic heterocycles. The maximum atomic E-state index is 12.5. The van der Waals surface area contributed by atoms with E-state index in [1.54, 1.807) is 18.3 Å². The number of hydrogen-bond donors (Lipinski definition) is 1. The van der Waals surface area contributed by atoms with Gasteiger partial charge in [-0.25, -0.2) is 0 Å². The highest BCUT2D eigenvalue weighted by Gasteiger charge is 2.15. The van der Waals surface area contributed by atoms with Crippen molar-refractivity contribution < 1.29 is 9.63 Å². The van der Waals surface area contributed by atoms with Gasteiger partial charge in [-0.3, -0.25) is 9.78 Å². The van der Waals surface area contributed by atoms with Gasteiger partial charge in [0, 0.05) is 11.1 Å². The first kappa shape index (κ1) is 19.3. The highest BCUT2D eigenvalue weighted by Crippen LogP contribution is 2.19. The molecule has 2 rings (SSSR count). The number of hydrogen-bond acceptors (Lipinski definition) is 5. The molecule has 0 saturated carbocycles. The van der Waals surface area contributed by atoms with E-state index in [0.29, 0.717) is 28.6 Å².